The first-order valence-electron chi connectivity index (χ1n) is 9.93. The SMILES string of the molecule is CC(=O)Nc1ccc(C(=O)COC(=O)CN2C(=O)N[C@]3(CCCC[C@@H]3C)C2=O)cc1. The summed E-state index contributed by atoms with van der Waals surface area (Å²) in [6.07, 6.45) is 3.22. The average Bonchev–Trinajstić information content (AvgIpc) is 2.93. The van der Waals surface area contributed by atoms with Crippen LogP contribution in [0.3, 0.4) is 0 Å². The summed E-state index contributed by atoms with van der Waals surface area (Å²) in [5, 5.41) is 5.35. The zero-order valence-electron chi connectivity index (χ0n) is 17.0. The molecule has 160 valence electrons. The van der Waals surface area contributed by atoms with Gasteiger partial charge in [0.15, 0.2) is 12.4 Å². The maximum absolute atomic E-state index is 12.8. The molecule has 2 aliphatic rings. The predicted octanol–water partition coefficient (Wildman–Crippen LogP) is 1.87. The van der Waals surface area contributed by atoms with Gasteiger partial charge in [-0.25, -0.2) is 4.79 Å². The number of Topliss-reactive ketones (excluding diaryl/α,β-unsaturated/α-hetero) is 1. The summed E-state index contributed by atoms with van der Waals surface area (Å²) < 4.78 is 4.98. The molecule has 0 bridgehead atoms. The third kappa shape index (κ3) is 4.34. The number of carbonyl (C=O) groups is 5. The molecule has 4 amide bonds. The molecular weight excluding hydrogens is 390 g/mol. The molecule has 1 spiro atoms. The molecule has 2 N–H and O–H groups in total. The number of nitrogens with one attached hydrogen (secondary N) is 2. The standard InChI is InChI=1S/C21H25N3O6/c1-13-5-3-4-10-21(13)19(28)24(20(29)23-21)11-18(27)30-12-17(26)15-6-8-16(9-7-15)22-14(2)25/h6-9,13H,3-5,10-12H2,1-2H3,(H,22,25)(H,23,29)/t13-,21-/m0/s1. The monoisotopic (exact) mass is 415 g/mol. The van der Waals surface area contributed by atoms with Gasteiger partial charge in [-0.15, -0.1) is 0 Å². The van der Waals surface area contributed by atoms with E-state index in [4.69, 9.17) is 4.74 Å². The van der Waals surface area contributed by atoms with E-state index in [-0.39, 0.29) is 11.8 Å². The van der Waals surface area contributed by atoms with Crippen molar-refractivity contribution in [1.82, 2.24) is 10.2 Å². The fourth-order valence-electron chi connectivity index (χ4n) is 3.99. The minimum absolute atomic E-state index is 0.00855. The summed E-state index contributed by atoms with van der Waals surface area (Å²) in [4.78, 5) is 61.4. The topological polar surface area (TPSA) is 122 Å². The van der Waals surface area contributed by atoms with Crippen molar-refractivity contribution in [2.75, 3.05) is 18.5 Å². The molecular formula is C21H25N3O6. The van der Waals surface area contributed by atoms with E-state index in [9.17, 15) is 24.0 Å². The summed E-state index contributed by atoms with van der Waals surface area (Å²) in [5.74, 6) is -1.91. The van der Waals surface area contributed by atoms with Gasteiger partial charge in [0.05, 0.1) is 0 Å². The number of urea groups is 1. The van der Waals surface area contributed by atoms with E-state index in [1.807, 2.05) is 6.92 Å². The Bertz CT molecular complexity index is 881. The van der Waals surface area contributed by atoms with Crippen LogP contribution in [0.25, 0.3) is 0 Å². The maximum Gasteiger partial charge on any atom is 0.326 e. The molecule has 3 rings (SSSR count). The van der Waals surface area contributed by atoms with Gasteiger partial charge in [-0.1, -0.05) is 19.8 Å². The highest BCUT2D eigenvalue weighted by molar-refractivity contribution is 6.09. The normalized spacial score (nSPS) is 23.3. The lowest BCUT2D eigenvalue weighted by Gasteiger charge is -2.36. The Labute approximate surface area is 174 Å². The van der Waals surface area contributed by atoms with Crippen LogP contribution in [0, 0.1) is 5.92 Å². The quantitative estimate of drug-likeness (QED) is 0.416. The lowest BCUT2D eigenvalue weighted by atomic mass is 9.73. The minimum Gasteiger partial charge on any atom is -0.456 e. The molecule has 1 aliphatic carbocycles. The molecule has 1 saturated carbocycles. The van der Waals surface area contributed by atoms with Gasteiger partial charge in [0.2, 0.25) is 5.91 Å². The van der Waals surface area contributed by atoms with E-state index in [2.05, 4.69) is 10.6 Å². The number of esters is 1. The van der Waals surface area contributed by atoms with Crippen molar-refractivity contribution in [2.45, 2.75) is 45.1 Å². The first-order valence-corrected chi connectivity index (χ1v) is 9.93. The number of anilines is 1. The Morgan fingerprint density at radius 1 is 1.20 bits per heavy atom. The van der Waals surface area contributed by atoms with E-state index in [1.165, 1.54) is 19.1 Å². The van der Waals surface area contributed by atoms with Crippen molar-refractivity contribution in [2.24, 2.45) is 5.92 Å². The largest absolute Gasteiger partial charge is 0.456 e. The zero-order valence-corrected chi connectivity index (χ0v) is 17.0. The molecule has 2 atom stereocenters. The van der Waals surface area contributed by atoms with Crippen molar-refractivity contribution < 1.29 is 28.7 Å². The number of ketones is 1. The molecule has 1 aromatic carbocycles. The third-order valence-electron chi connectivity index (χ3n) is 5.68. The second-order valence-electron chi connectivity index (χ2n) is 7.78. The van der Waals surface area contributed by atoms with Gasteiger partial charge in [-0.2, -0.15) is 0 Å². The van der Waals surface area contributed by atoms with E-state index in [1.54, 1.807) is 12.1 Å². The maximum atomic E-state index is 12.8. The molecule has 9 heteroatoms. The summed E-state index contributed by atoms with van der Waals surface area (Å²) in [5.41, 5.74) is -0.0940. The van der Waals surface area contributed by atoms with Crippen LogP contribution in [0.15, 0.2) is 24.3 Å². The summed E-state index contributed by atoms with van der Waals surface area (Å²) in [6.45, 7) is 2.26. The summed E-state index contributed by atoms with van der Waals surface area (Å²) in [7, 11) is 0. The van der Waals surface area contributed by atoms with Crippen LogP contribution in [-0.4, -0.2) is 53.2 Å². The van der Waals surface area contributed by atoms with Crippen LogP contribution in [0.2, 0.25) is 0 Å². The zero-order chi connectivity index (χ0) is 21.9. The highest BCUT2D eigenvalue weighted by Gasteiger charge is 2.55. The summed E-state index contributed by atoms with van der Waals surface area (Å²) >= 11 is 0. The predicted molar refractivity (Wildman–Crippen MR) is 107 cm³/mol. The number of carbonyl (C=O) groups excluding carboxylic acids is 5. The lowest BCUT2D eigenvalue weighted by molar-refractivity contribution is -0.147. The smallest absolute Gasteiger partial charge is 0.326 e. The summed E-state index contributed by atoms with van der Waals surface area (Å²) in [6, 6.07) is 5.54. The molecule has 1 heterocycles. The second kappa shape index (κ2) is 8.64. The fourth-order valence-corrected chi connectivity index (χ4v) is 3.99. The van der Waals surface area contributed by atoms with Crippen LogP contribution in [0.5, 0.6) is 0 Å². The van der Waals surface area contributed by atoms with Gasteiger partial charge in [0.25, 0.3) is 5.91 Å². The molecule has 1 aromatic rings. The molecule has 1 saturated heterocycles. The fraction of sp³-hybridized carbons (Fsp3) is 0.476. The minimum atomic E-state index is -0.943. The molecule has 0 aromatic heterocycles. The van der Waals surface area contributed by atoms with E-state index in [0.717, 1.165) is 24.2 Å². The lowest BCUT2D eigenvalue weighted by Crippen LogP contribution is -2.54. The van der Waals surface area contributed by atoms with Crippen molar-refractivity contribution >= 4 is 35.3 Å². The Kier molecular flexibility index (Phi) is 6.19. The van der Waals surface area contributed by atoms with Crippen LogP contribution in [0.4, 0.5) is 10.5 Å². The third-order valence-corrected chi connectivity index (χ3v) is 5.68. The van der Waals surface area contributed by atoms with Crippen LogP contribution >= 0.6 is 0 Å². The Hall–Kier alpha value is -3.23. The Morgan fingerprint density at radius 2 is 1.90 bits per heavy atom. The van der Waals surface area contributed by atoms with Gasteiger partial charge >= 0.3 is 12.0 Å². The Morgan fingerprint density at radius 3 is 2.53 bits per heavy atom. The number of benzene rings is 1. The number of rotatable bonds is 6. The van der Waals surface area contributed by atoms with Gasteiger partial charge in [-0.05, 0) is 43.0 Å². The number of nitrogens with zero attached hydrogens (tertiary/aromatic N) is 1. The highest BCUT2D eigenvalue weighted by Crippen LogP contribution is 2.38. The molecule has 0 unspecified atom stereocenters. The number of imide groups is 1. The van der Waals surface area contributed by atoms with Crippen molar-refractivity contribution in [3.05, 3.63) is 29.8 Å². The highest BCUT2D eigenvalue weighted by atomic mass is 16.5. The number of ether oxygens (including phenoxy) is 1. The number of amides is 4. The van der Waals surface area contributed by atoms with Crippen LogP contribution < -0.4 is 10.6 Å². The van der Waals surface area contributed by atoms with Crippen molar-refractivity contribution in [3.63, 3.8) is 0 Å². The molecule has 9 nitrogen and oxygen atoms in total. The van der Waals surface area contributed by atoms with Gasteiger partial charge < -0.3 is 15.4 Å². The first-order chi connectivity index (χ1) is 14.2. The molecule has 30 heavy (non-hydrogen) atoms. The first kappa shape index (κ1) is 21.5. The van der Waals surface area contributed by atoms with Crippen molar-refractivity contribution in [3.8, 4) is 0 Å². The van der Waals surface area contributed by atoms with E-state index < -0.39 is 42.4 Å². The van der Waals surface area contributed by atoms with Gasteiger partial charge in [0, 0.05) is 18.2 Å². The van der Waals surface area contributed by atoms with Crippen molar-refractivity contribution in [1.29, 1.82) is 0 Å². The van der Waals surface area contributed by atoms with E-state index >= 15 is 0 Å². The second-order valence-corrected chi connectivity index (χ2v) is 7.78. The molecule has 2 fully saturated rings. The van der Waals surface area contributed by atoms with Crippen LogP contribution in [-0.2, 0) is 19.1 Å². The average molecular weight is 415 g/mol. The van der Waals surface area contributed by atoms with E-state index in [0.29, 0.717) is 17.7 Å². The number of hydrogen-bond donors (Lipinski definition) is 2. The molecule has 0 radical (unpaired) electrons. The van der Waals surface area contributed by atoms with Crippen LogP contribution in [0.1, 0.15) is 49.9 Å². The van der Waals surface area contributed by atoms with Gasteiger partial charge in [-0.3, -0.25) is 24.1 Å². The Balaban J connectivity index is 1.54. The molecule has 1 aliphatic heterocycles. The van der Waals surface area contributed by atoms with Gasteiger partial charge in [0.1, 0.15) is 12.1 Å². The number of hydrogen-bond acceptors (Lipinski definition) is 6.